The second kappa shape index (κ2) is 5.96. The zero-order valence-electron chi connectivity index (χ0n) is 13.2. The molecule has 1 N–H and O–H groups in total. The van der Waals surface area contributed by atoms with Gasteiger partial charge in [0.25, 0.3) is 0 Å². The molecule has 0 spiro atoms. The summed E-state index contributed by atoms with van der Waals surface area (Å²) in [5.74, 6) is 0.759. The third-order valence-corrected chi connectivity index (χ3v) is 4.62. The number of fused-ring (bicyclic) bond motifs is 1. The fourth-order valence-corrected chi connectivity index (χ4v) is 3.41. The predicted molar refractivity (Wildman–Crippen MR) is 94.0 cm³/mol. The van der Waals surface area contributed by atoms with Gasteiger partial charge in [-0.25, -0.2) is 4.68 Å². The van der Waals surface area contributed by atoms with Gasteiger partial charge in [-0.3, -0.25) is 0 Å². The minimum Gasteiger partial charge on any atom is -0.494 e. The van der Waals surface area contributed by atoms with E-state index in [0.717, 1.165) is 34.0 Å². The number of benzene rings is 2. The maximum Gasteiger partial charge on any atom is 0.144 e. The number of aliphatic hydroxyl groups excluding tert-OH is 1. The average molecular weight is 341 g/mol. The number of ether oxygens (including phenoxy) is 1. The molecule has 1 aromatic heterocycles. The van der Waals surface area contributed by atoms with Gasteiger partial charge in [-0.2, -0.15) is 5.10 Å². The third kappa shape index (κ3) is 2.48. The summed E-state index contributed by atoms with van der Waals surface area (Å²) in [4.78, 5) is 0. The molecule has 3 aromatic rings. The molecule has 0 radical (unpaired) electrons. The molecule has 0 saturated heterocycles. The molecule has 0 aliphatic heterocycles. The first kappa shape index (κ1) is 15.2. The first-order valence-corrected chi connectivity index (χ1v) is 8.23. The molecule has 4 rings (SSSR count). The van der Waals surface area contributed by atoms with Gasteiger partial charge in [0.1, 0.15) is 11.4 Å². The van der Waals surface area contributed by atoms with E-state index >= 15 is 0 Å². The summed E-state index contributed by atoms with van der Waals surface area (Å²) in [7, 11) is 1.65. The van der Waals surface area contributed by atoms with E-state index in [-0.39, 0.29) is 6.10 Å². The molecule has 5 heteroatoms. The maximum atomic E-state index is 10.0. The van der Waals surface area contributed by atoms with Crippen LogP contribution in [0.4, 0.5) is 0 Å². The summed E-state index contributed by atoms with van der Waals surface area (Å²) in [5, 5.41) is 15.5. The number of methoxy groups -OCH3 is 1. The van der Waals surface area contributed by atoms with Crippen molar-refractivity contribution in [2.24, 2.45) is 0 Å². The highest BCUT2D eigenvalue weighted by atomic mass is 35.5. The van der Waals surface area contributed by atoms with E-state index in [1.807, 2.05) is 53.2 Å². The van der Waals surface area contributed by atoms with Gasteiger partial charge in [0.05, 0.1) is 24.6 Å². The van der Waals surface area contributed by atoms with Crippen LogP contribution in [0, 0.1) is 0 Å². The first-order valence-electron chi connectivity index (χ1n) is 7.85. The van der Waals surface area contributed by atoms with Crippen LogP contribution in [0.25, 0.3) is 16.9 Å². The molecule has 4 nitrogen and oxygen atoms in total. The van der Waals surface area contributed by atoms with Crippen LogP contribution in [0.3, 0.4) is 0 Å². The maximum absolute atomic E-state index is 10.0. The van der Waals surface area contributed by atoms with Crippen LogP contribution in [0.2, 0.25) is 5.02 Å². The summed E-state index contributed by atoms with van der Waals surface area (Å²) < 4.78 is 7.42. The standard InChI is InChI=1S/C19H17ClN2O2/c1-24-18-5-3-2-4-17(18)22-19(12-6-8-13(20)9-7-12)15-10-14(23)11-16(15)21-22/h2-9,14,23H,10-11H2,1H3/t14-/m1/s1. The number of hydrogen-bond donors (Lipinski definition) is 1. The lowest BCUT2D eigenvalue weighted by Crippen LogP contribution is -2.09. The van der Waals surface area contributed by atoms with E-state index in [1.54, 1.807) is 7.11 Å². The van der Waals surface area contributed by atoms with Gasteiger partial charge in [-0.1, -0.05) is 35.9 Å². The van der Waals surface area contributed by atoms with Crippen molar-refractivity contribution >= 4 is 11.6 Å². The molecule has 1 atom stereocenters. The molecule has 0 fully saturated rings. The van der Waals surface area contributed by atoms with Crippen LogP contribution < -0.4 is 4.74 Å². The Morgan fingerprint density at radius 2 is 1.88 bits per heavy atom. The van der Waals surface area contributed by atoms with Crippen LogP contribution in [0.1, 0.15) is 11.3 Å². The van der Waals surface area contributed by atoms with E-state index < -0.39 is 0 Å². The minimum atomic E-state index is -0.360. The van der Waals surface area contributed by atoms with E-state index in [2.05, 4.69) is 0 Å². The summed E-state index contributed by atoms with van der Waals surface area (Å²) in [6, 6.07) is 15.5. The second-order valence-electron chi connectivity index (χ2n) is 5.93. The Hall–Kier alpha value is -2.30. The number of aromatic nitrogens is 2. The molecule has 0 unspecified atom stereocenters. The van der Waals surface area contributed by atoms with Crippen molar-refractivity contribution in [1.82, 2.24) is 9.78 Å². The lowest BCUT2D eigenvalue weighted by Gasteiger charge is -2.13. The van der Waals surface area contributed by atoms with Crippen molar-refractivity contribution in [2.75, 3.05) is 7.11 Å². The monoisotopic (exact) mass is 340 g/mol. The molecule has 2 aromatic carbocycles. The Labute approximate surface area is 145 Å². The first-order chi connectivity index (χ1) is 11.7. The summed E-state index contributed by atoms with van der Waals surface area (Å²) in [5.41, 5.74) is 4.93. The predicted octanol–water partition coefficient (Wildman–Crippen LogP) is 3.66. The van der Waals surface area contributed by atoms with Crippen LogP contribution in [0.5, 0.6) is 5.75 Å². The Balaban J connectivity index is 1.95. The number of hydrogen-bond acceptors (Lipinski definition) is 3. The Morgan fingerprint density at radius 3 is 2.62 bits per heavy atom. The largest absolute Gasteiger partial charge is 0.494 e. The quantitative estimate of drug-likeness (QED) is 0.791. The highest BCUT2D eigenvalue weighted by molar-refractivity contribution is 6.30. The Morgan fingerprint density at radius 1 is 1.12 bits per heavy atom. The van der Waals surface area contributed by atoms with Gasteiger partial charge in [-0.05, 0) is 24.3 Å². The van der Waals surface area contributed by atoms with Gasteiger partial charge in [0.2, 0.25) is 0 Å². The fraction of sp³-hybridized carbons (Fsp3) is 0.211. The molecule has 0 amide bonds. The van der Waals surface area contributed by atoms with E-state index in [0.29, 0.717) is 17.9 Å². The van der Waals surface area contributed by atoms with Crippen LogP contribution >= 0.6 is 11.6 Å². The molecule has 24 heavy (non-hydrogen) atoms. The minimum absolute atomic E-state index is 0.360. The SMILES string of the molecule is COc1ccccc1-n1nc2c(c1-c1ccc(Cl)cc1)C[C@@H](O)C2. The van der Waals surface area contributed by atoms with Gasteiger partial charge < -0.3 is 9.84 Å². The normalized spacial score (nSPS) is 16.2. The number of nitrogens with zero attached hydrogens (tertiary/aromatic N) is 2. The summed E-state index contributed by atoms with van der Waals surface area (Å²) >= 11 is 6.04. The van der Waals surface area contributed by atoms with Crippen molar-refractivity contribution in [2.45, 2.75) is 18.9 Å². The summed E-state index contributed by atoms with van der Waals surface area (Å²) in [6.07, 6.45) is 0.835. The van der Waals surface area contributed by atoms with Crippen LogP contribution in [0.15, 0.2) is 48.5 Å². The number of aliphatic hydroxyl groups is 1. The summed E-state index contributed by atoms with van der Waals surface area (Å²) in [6.45, 7) is 0. The number of halogens is 1. The molecule has 122 valence electrons. The van der Waals surface area contributed by atoms with E-state index in [9.17, 15) is 5.11 Å². The highest BCUT2D eigenvalue weighted by Crippen LogP contribution is 2.36. The van der Waals surface area contributed by atoms with Gasteiger partial charge in [0, 0.05) is 29.0 Å². The van der Waals surface area contributed by atoms with Gasteiger partial charge in [0.15, 0.2) is 0 Å². The molecule has 1 aliphatic carbocycles. The topological polar surface area (TPSA) is 47.3 Å². The number of rotatable bonds is 3. The molecular formula is C19H17ClN2O2. The van der Waals surface area contributed by atoms with Gasteiger partial charge >= 0.3 is 0 Å². The van der Waals surface area contributed by atoms with Crippen molar-refractivity contribution in [3.8, 4) is 22.7 Å². The highest BCUT2D eigenvalue weighted by Gasteiger charge is 2.29. The van der Waals surface area contributed by atoms with Crippen molar-refractivity contribution in [3.63, 3.8) is 0 Å². The lowest BCUT2D eigenvalue weighted by molar-refractivity contribution is 0.185. The van der Waals surface area contributed by atoms with E-state index in [1.165, 1.54) is 0 Å². The fourth-order valence-electron chi connectivity index (χ4n) is 3.29. The van der Waals surface area contributed by atoms with Crippen molar-refractivity contribution in [3.05, 3.63) is 64.8 Å². The zero-order chi connectivity index (χ0) is 16.7. The molecule has 1 heterocycles. The Kier molecular flexibility index (Phi) is 3.79. The van der Waals surface area contributed by atoms with Crippen LogP contribution in [-0.4, -0.2) is 28.1 Å². The lowest BCUT2D eigenvalue weighted by atomic mass is 10.1. The van der Waals surface area contributed by atoms with Crippen molar-refractivity contribution < 1.29 is 9.84 Å². The van der Waals surface area contributed by atoms with Crippen molar-refractivity contribution in [1.29, 1.82) is 0 Å². The van der Waals surface area contributed by atoms with Gasteiger partial charge in [-0.15, -0.1) is 0 Å². The second-order valence-corrected chi connectivity index (χ2v) is 6.36. The smallest absolute Gasteiger partial charge is 0.144 e. The zero-order valence-corrected chi connectivity index (χ0v) is 14.0. The number of para-hydroxylation sites is 2. The average Bonchev–Trinajstić information content (AvgIpc) is 3.11. The Bertz CT molecular complexity index is 887. The molecule has 0 saturated carbocycles. The van der Waals surface area contributed by atoms with E-state index in [4.69, 9.17) is 21.4 Å². The molecule has 0 bridgehead atoms. The van der Waals surface area contributed by atoms with Crippen LogP contribution in [-0.2, 0) is 12.8 Å². The third-order valence-electron chi connectivity index (χ3n) is 4.37. The molecule has 1 aliphatic rings. The molecular weight excluding hydrogens is 324 g/mol.